The first-order valence-electron chi connectivity index (χ1n) is 9.69. The van der Waals surface area contributed by atoms with Gasteiger partial charge in [-0.15, -0.1) is 0 Å². The molecule has 136 valence electrons. The highest BCUT2D eigenvalue weighted by Gasteiger charge is 2.18. The standard InChI is InChI=1S/C24H30N2/c1-25(2)24-13-11-21(12-14-24)8-6-7-17-26-18-15-23(16-19-26)20-22-9-4-3-5-10-22/h3-5,9-14,23H,8,15-20H2,1-2H3. The zero-order valence-electron chi connectivity index (χ0n) is 16.1. The van der Waals surface area contributed by atoms with Crippen LogP contribution in [0.2, 0.25) is 0 Å². The van der Waals surface area contributed by atoms with E-state index in [2.05, 4.69) is 90.3 Å². The van der Waals surface area contributed by atoms with E-state index in [9.17, 15) is 0 Å². The number of hydrogen-bond donors (Lipinski definition) is 0. The zero-order chi connectivity index (χ0) is 18.2. The topological polar surface area (TPSA) is 6.48 Å². The SMILES string of the molecule is CN(C)c1ccc(CC#CCN2CCC(Cc3ccccc3)CC2)cc1. The molecule has 0 radical (unpaired) electrons. The van der Waals surface area contributed by atoms with Crippen LogP contribution in [0.25, 0.3) is 0 Å². The van der Waals surface area contributed by atoms with Crippen molar-refractivity contribution in [2.75, 3.05) is 38.6 Å². The number of nitrogens with zero attached hydrogens (tertiary/aromatic N) is 2. The van der Waals surface area contributed by atoms with Gasteiger partial charge in [0.1, 0.15) is 0 Å². The summed E-state index contributed by atoms with van der Waals surface area (Å²) in [7, 11) is 4.13. The molecule has 0 aliphatic carbocycles. The van der Waals surface area contributed by atoms with Crippen LogP contribution in [-0.4, -0.2) is 38.6 Å². The van der Waals surface area contributed by atoms with E-state index in [4.69, 9.17) is 0 Å². The molecular weight excluding hydrogens is 316 g/mol. The Morgan fingerprint density at radius 1 is 0.885 bits per heavy atom. The molecule has 0 atom stereocenters. The molecule has 1 saturated heterocycles. The van der Waals surface area contributed by atoms with Gasteiger partial charge < -0.3 is 4.90 Å². The maximum absolute atomic E-state index is 3.37. The minimum Gasteiger partial charge on any atom is -0.378 e. The van der Waals surface area contributed by atoms with Crippen molar-refractivity contribution in [3.8, 4) is 11.8 Å². The van der Waals surface area contributed by atoms with Crippen molar-refractivity contribution >= 4 is 5.69 Å². The number of rotatable bonds is 5. The van der Waals surface area contributed by atoms with Gasteiger partial charge in [-0.25, -0.2) is 0 Å². The van der Waals surface area contributed by atoms with Crippen LogP contribution in [0.3, 0.4) is 0 Å². The monoisotopic (exact) mass is 346 g/mol. The lowest BCUT2D eigenvalue weighted by Gasteiger charge is -2.30. The predicted octanol–water partition coefficient (Wildman–Crippen LogP) is 4.25. The van der Waals surface area contributed by atoms with Gasteiger partial charge in [-0.3, -0.25) is 4.90 Å². The van der Waals surface area contributed by atoms with Gasteiger partial charge in [0.25, 0.3) is 0 Å². The maximum atomic E-state index is 3.37. The Hall–Kier alpha value is -2.24. The lowest BCUT2D eigenvalue weighted by molar-refractivity contribution is 0.203. The van der Waals surface area contributed by atoms with Crippen molar-refractivity contribution < 1.29 is 0 Å². The molecule has 1 heterocycles. The van der Waals surface area contributed by atoms with E-state index in [0.717, 1.165) is 18.9 Å². The molecule has 2 aromatic carbocycles. The van der Waals surface area contributed by atoms with Crippen molar-refractivity contribution in [1.82, 2.24) is 4.90 Å². The summed E-state index contributed by atoms with van der Waals surface area (Å²) in [6.45, 7) is 3.28. The number of likely N-dealkylation sites (tertiary alicyclic amines) is 1. The van der Waals surface area contributed by atoms with Crippen LogP contribution < -0.4 is 4.90 Å². The fraction of sp³-hybridized carbons (Fsp3) is 0.417. The third kappa shape index (κ3) is 5.64. The van der Waals surface area contributed by atoms with Crippen molar-refractivity contribution in [2.45, 2.75) is 25.7 Å². The largest absolute Gasteiger partial charge is 0.378 e. The third-order valence-electron chi connectivity index (χ3n) is 5.25. The van der Waals surface area contributed by atoms with Gasteiger partial charge >= 0.3 is 0 Å². The molecule has 26 heavy (non-hydrogen) atoms. The van der Waals surface area contributed by atoms with Gasteiger partial charge in [-0.2, -0.15) is 0 Å². The maximum Gasteiger partial charge on any atom is 0.0601 e. The van der Waals surface area contributed by atoms with Crippen LogP contribution >= 0.6 is 0 Å². The Morgan fingerprint density at radius 2 is 1.58 bits per heavy atom. The molecule has 0 amide bonds. The molecule has 1 aliphatic heterocycles. The van der Waals surface area contributed by atoms with Gasteiger partial charge in [-0.1, -0.05) is 54.3 Å². The first-order valence-corrected chi connectivity index (χ1v) is 9.69. The highest BCUT2D eigenvalue weighted by Crippen LogP contribution is 2.21. The lowest BCUT2D eigenvalue weighted by atomic mass is 9.90. The number of benzene rings is 2. The van der Waals surface area contributed by atoms with E-state index in [0.29, 0.717) is 0 Å². The van der Waals surface area contributed by atoms with Crippen LogP contribution in [0, 0.1) is 17.8 Å². The fourth-order valence-corrected chi connectivity index (χ4v) is 3.54. The Labute approximate surface area is 158 Å². The van der Waals surface area contributed by atoms with Crippen molar-refractivity contribution in [2.24, 2.45) is 5.92 Å². The number of piperidine rings is 1. The molecule has 0 N–H and O–H groups in total. The van der Waals surface area contributed by atoms with E-state index in [-0.39, 0.29) is 0 Å². The quantitative estimate of drug-likeness (QED) is 0.747. The molecule has 0 aromatic heterocycles. The third-order valence-corrected chi connectivity index (χ3v) is 5.25. The van der Waals surface area contributed by atoms with Gasteiger partial charge in [0, 0.05) is 26.2 Å². The molecule has 2 aromatic rings. The summed E-state index contributed by atoms with van der Waals surface area (Å²) in [5, 5.41) is 0. The first kappa shape index (κ1) is 18.5. The highest BCUT2D eigenvalue weighted by molar-refractivity contribution is 5.46. The van der Waals surface area contributed by atoms with Gasteiger partial charge in [0.15, 0.2) is 0 Å². The van der Waals surface area contributed by atoms with E-state index >= 15 is 0 Å². The number of anilines is 1. The van der Waals surface area contributed by atoms with E-state index in [1.54, 1.807) is 0 Å². The van der Waals surface area contributed by atoms with Gasteiger partial charge in [0.2, 0.25) is 0 Å². The van der Waals surface area contributed by atoms with E-state index < -0.39 is 0 Å². The second kappa shape index (κ2) is 9.46. The summed E-state index contributed by atoms with van der Waals surface area (Å²) in [6, 6.07) is 19.6. The Balaban J connectivity index is 1.38. The van der Waals surface area contributed by atoms with Crippen molar-refractivity contribution in [3.63, 3.8) is 0 Å². The summed E-state index contributed by atoms with van der Waals surface area (Å²) >= 11 is 0. The summed E-state index contributed by atoms with van der Waals surface area (Å²) in [5.74, 6) is 7.54. The lowest BCUT2D eigenvalue weighted by Crippen LogP contribution is -2.34. The number of hydrogen-bond acceptors (Lipinski definition) is 2. The van der Waals surface area contributed by atoms with Crippen molar-refractivity contribution in [1.29, 1.82) is 0 Å². The summed E-state index contributed by atoms with van der Waals surface area (Å²) in [5.41, 5.74) is 4.01. The van der Waals surface area contributed by atoms with Crippen LogP contribution in [0.5, 0.6) is 0 Å². The summed E-state index contributed by atoms with van der Waals surface area (Å²) in [6.07, 6.45) is 4.66. The van der Waals surface area contributed by atoms with Crippen LogP contribution in [0.4, 0.5) is 5.69 Å². The van der Waals surface area contributed by atoms with Crippen molar-refractivity contribution in [3.05, 3.63) is 65.7 Å². The molecule has 2 nitrogen and oxygen atoms in total. The normalized spacial score (nSPS) is 15.3. The van der Waals surface area contributed by atoms with E-state index in [1.807, 2.05) is 0 Å². The highest BCUT2D eigenvalue weighted by atomic mass is 15.1. The zero-order valence-corrected chi connectivity index (χ0v) is 16.1. The molecule has 0 bridgehead atoms. The smallest absolute Gasteiger partial charge is 0.0601 e. The van der Waals surface area contributed by atoms with Crippen LogP contribution in [0.15, 0.2) is 54.6 Å². The summed E-state index contributed by atoms with van der Waals surface area (Å²) < 4.78 is 0. The molecule has 2 heteroatoms. The van der Waals surface area contributed by atoms with Gasteiger partial charge in [0.05, 0.1) is 6.54 Å². The minimum atomic E-state index is 0.830. The Kier molecular flexibility index (Phi) is 6.75. The second-order valence-corrected chi connectivity index (χ2v) is 7.50. The average Bonchev–Trinajstić information content (AvgIpc) is 2.68. The Bertz CT molecular complexity index is 714. The van der Waals surface area contributed by atoms with Gasteiger partial charge in [-0.05, 0) is 61.5 Å². The first-order chi connectivity index (χ1) is 12.7. The Morgan fingerprint density at radius 3 is 2.23 bits per heavy atom. The molecular formula is C24H30N2. The molecule has 3 rings (SSSR count). The molecule has 0 saturated carbocycles. The van der Waals surface area contributed by atoms with E-state index in [1.165, 1.54) is 49.2 Å². The molecule has 0 unspecified atom stereocenters. The minimum absolute atomic E-state index is 0.830. The second-order valence-electron chi connectivity index (χ2n) is 7.50. The molecule has 0 spiro atoms. The molecule has 1 aliphatic rings. The summed E-state index contributed by atoms with van der Waals surface area (Å²) in [4.78, 5) is 4.63. The average molecular weight is 347 g/mol. The van der Waals surface area contributed by atoms with Crippen LogP contribution in [0.1, 0.15) is 24.0 Å². The predicted molar refractivity (Wildman–Crippen MR) is 112 cm³/mol. The van der Waals surface area contributed by atoms with Crippen LogP contribution in [-0.2, 0) is 12.8 Å². The fourth-order valence-electron chi connectivity index (χ4n) is 3.54. The molecule has 1 fully saturated rings.